The highest BCUT2D eigenvalue weighted by Crippen LogP contribution is 2.61. The molecule has 2 aromatic rings. The van der Waals surface area contributed by atoms with E-state index in [4.69, 9.17) is 19.5 Å². The average Bonchev–Trinajstić information content (AvgIpc) is 3.75. The number of phosphoric ester groups is 3. The zero-order valence-corrected chi connectivity index (χ0v) is 37.9. The first-order valence-corrected chi connectivity index (χ1v) is 25.2. The van der Waals surface area contributed by atoms with Crippen LogP contribution in [-0.4, -0.2) is 123 Å². The Hall–Kier alpha value is -2.70. The molecule has 24 nitrogen and oxygen atoms in total. The molecular formula is C34H58N7O17P3S. The number of allylic oxidation sites excluding steroid dienone is 1. The molecule has 1 aliphatic heterocycles. The number of nitrogens with one attached hydrogen (secondary N) is 2. The summed E-state index contributed by atoms with van der Waals surface area (Å²) in [6.07, 6.45) is 5.47. The maximum Gasteiger partial charge on any atom is 0.481 e. The fourth-order valence-corrected chi connectivity index (χ4v) is 9.54. The molecule has 1 fully saturated rings. The lowest BCUT2D eigenvalue weighted by Crippen LogP contribution is -2.46. The van der Waals surface area contributed by atoms with Gasteiger partial charge in [0.05, 0.1) is 19.5 Å². The molecule has 2 aromatic heterocycles. The number of amides is 2. The summed E-state index contributed by atoms with van der Waals surface area (Å²) in [7, 11) is -16.4. The number of ether oxygens (including phenoxy) is 1. The Balaban J connectivity index is 1.37. The van der Waals surface area contributed by atoms with Crippen molar-refractivity contribution in [2.24, 2.45) is 5.41 Å². The summed E-state index contributed by atoms with van der Waals surface area (Å²) in [6, 6.07) is 0. The Bertz CT molecular complexity index is 1940. The molecular weight excluding hydrogens is 903 g/mol. The Morgan fingerprint density at radius 2 is 1.61 bits per heavy atom. The van der Waals surface area contributed by atoms with Crippen molar-refractivity contribution >= 4 is 69.1 Å². The highest BCUT2D eigenvalue weighted by atomic mass is 32.2. The van der Waals surface area contributed by atoms with Crippen LogP contribution < -0.4 is 16.4 Å². The normalized spacial score (nSPS) is 20.6. The largest absolute Gasteiger partial charge is 0.481 e. The summed E-state index contributed by atoms with van der Waals surface area (Å²) in [5, 5.41) is 26.6. The highest BCUT2D eigenvalue weighted by Gasteiger charge is 2.50. The van der Waals surface area contributed by atoms with E-state index in [-0.39, 0.29) is 41.6 Å². The van der Waals surface area contributed by atoms with Crippen molar-refractivity contribution in [1.82, 2.24) is 30.2 Å². The fraction of sp³-hybridized carbons (Fsp3) is 0.706. The smallest absolute Gasteiger partial charge is 0.386 e. The molecule has 10 N–H and O–H groups in total. The molecule has 2 amide bonds. The third-order valence-electron chi connectivity index (χ3n) is 9.30. The van der Waals surface area contributed by atoms with E-state index in [9.17, 15) is 57.9 Å². The van der Waals surface area contributed by atoms with Crippen LogP contribution in [0.3, 0.4) is 0 Å². The number of carbonyl (C=O) groups excluding carboxylic acids is 3. The van der Waals surface area contributed by atoms with E-state index >= 15 is 0 Å². The van der Waals surface area contributed by atoms with Crippen molar-refractivity contribution in [2.75, 3.05) is 37.8 Å². The van der Waals surface area contributed by atoms with E-state index in [0.29, 0.717) is 12.2 Å². The van der Waals surface area contributed by atoms with Crippen LogP contribution in [0, 0.1) is 5.41 Å². The van der Waals surface area contributed by atoms with Crippen molar-refractivity contribution < 1.29 is 80.5 Å². The minimum atomic E-state index is -5.57. The average molecular weight is 962 g/mol. The molecule has 0 radical (unpaired) electrons. The SMILES string of the molecule is C=CCCCCCCCCCCC(=O)SCCNC(=O)CCNC(=O)[C@H](O)C(C)(C)COP(=O)(O)OP(=O)(O)OC[C@H]1O[C@@H](n2cnc3c(N)ncnc32)[C@H](O)[C@@H]1OP(=O)(O)O. The van der Waals surface area contributed by atoms with Gasteiger partial charge in [-0.2, -0.15) is 4.31 Å². The number of nitrogens with zero attached hydrogens (tertiary/aromatic N) is 4. The molecule has 352 valence electrons. The number of aromatic nitrogens is 4. The van der Waals surface area contributed by atoms with E-state index in [1.165, 1.54) is 39.5 Å². The molecule has 0 aromatic carbocycles. The summed E-state index contributed by atoms with van der Waals surface area (Å²) in [6.45, 7) is 4.28. The predicted molar refractivity (Wildman–Crippen MR) is 223 cm³/mol. The van der Waals surface area contributed by atoms with Gasteiger partial charge in [-0.15, -0.1) is 6.58 Å². The Kier molecular flexibility index (Phi) is 21.7. The highest BCUT2D eigenvalue weighted by molar-refractivity contribution is 8.13. The molecule has 7 atom stereocenters. The van der Waals surface area contributed by atoms with Gasteiger partial charge >= 0.3 is 23.5 Å². The first-order chi connectivity index (χ1) is 29.1. The number of rotatable bonds is 30. The molecule has 0 aliphatic carbocycles. The van der Waals surface area contributed by atoms with Gasteiger partial charge in [0, 0.05) is 37.1 Å². The van der Waals surface area contributed by atoms with E-state index in [2.05, 4.69) is 41.0 Å². The second-order valence-electron chi connectivity index (χ2n) is 14.9. The molecule has 0 bridgehead atoms. The molecule has 1 aliphatic rings. The minimum absolute atomic E-state index is 0.0322. The number of unbranched alkanes of at least 4 members (excludes halogenated alkanes) is 8. The van der Waals surface area contributed by atoms with Gasteiger partial charge in [0.2, 0.25) is 11.8 Å². The lowest BCUT2D eigenvalue weighted by molar-refractivity contribution is -0.137. The topological polar surface area (TPSA) is 364 Å². The van der Waals surface area contributed by atoms with Gasteiger partial charge < -0.3 is 50.9 Å². The standard InChI is InChI=1S/C34H58N7O17P3S/c1-4-5-6-7-8-9-10-11-12-13-14-25(43)62-18-17-36-24(42)15-16-37-32(46)29(45)34(2,3)20-55-61(52,53)58-60(50,51)54-19-23-28(57-59(47,48)49)27(44)33(56-23)41-22-40-26-30(35)38-21-39-31(26)41/h4,21-23,27-29,33,44-45H,1,5-20H2,2-3H3,(H,36,42)(H,37,46)(H,50,51)(H,52,53)(H2,35,38,39)(H2,47,48,49)/t23-,27-,28-,29+,33-/m1/s1. The van der Waals surface area contributed by atoms with Crippen molar-refractivity contribution in [3.05, 3.63) is 25.3 Å². The first kappa shape index (κ1) is 53.6. The Morgan fingerprint density at radius 3 is 2.27 bits per heavy atom. The van der Waals surface area contributed by atoms with Gasteiger partial charge in [0.15, 0.2) is 22.8 Å². The van der Waals surface area contributed by atoms with Crippen molar-refractivity contribution in [3.8, 4) is 0 Å². The Morgan fingerprint density at radius 1 is 0.968 bits per heavy atom. The third kappa shape index (κ3) is 18.4. The van der Waals surface area contributed by atoms with Crippen LogP contribution in [0.15, 0.2) is 25.3 Å². The van der Waals surface area contributed by atoms with Crippen LogP contribution in [0.25, 0.3) is 11.2 Å². The number of nitrogen functional groups attached to an aromatic ring is 1. The van der Waals surface area contributed by atoms with Crippen molar-refractivity contribution in [1.29, 1.82) is 0 Å². The number of aliphatic hydroxyl groups is 2. The summed E-state index contributed by atoms with van der Waals surface area (Å²) < 4.78 is 62.3. The number of nitrogens with two attached hydrogens (primary N) is 1. The van der Waals surface area contributed by atoms with Crippen molar-refractivity contribution in [2.45, 2.75) is 115 Å². The minimum Gasteiger partial charge on any atom is -0.386 e. The molecule has 3 heterocycles. The lowest BCUT2D eigenvalue weighted by Gasteiger charge is -2.30. The van der Waals surface area contributed by atoms with Gasteiger partial charge in [-0.3, -0.25) is 32.5 Å². The summed E-state index contributed by atoms with van der Waals surface area (Å²) in [5.74, 6) is -1.04. The van der Waals surface area contributed by atoms with E-state index < -0.39 is 84.6 Å². The number of hydrogen-bond acceptors (Lipinski definition) is 18. The van der Waals surface area contributed by atoms with Crippen LogP contribution in [0.1, 0.15) is 90.7 Å². The number of hydrogen-bond donors (Lipinski definition) is 9. The Labute approximate surface area is 362 Å². The van der Waals surface area contributed by atoms with Gasteiger partial charge in [0.25, 0.3) is 0 Å². The number of aliphatic hydroxyl groups excluding tert-OH is 2. The van der Waals surface area contributed by atoms with Crippen LogP contribution in [-0.2, 0) is 50.7 Å². The predicted octanol–water partition coefficient (Wildman–Crippen LogP) is 2.75. The van der Waals surface area contributed by atoms with Gasteiger partial charge in [0.1, 0.15) is 36.3 Å². The maximum absolute atomic E-state index is 12.7. The zero-order chi connectivity index (χ0) is 46.1. The second-order valence-corrected chi connectivity index (χ2v) is 20.3. The van der Waals surface area contributed by atoms with Crippen LogP contribution >= 0.6 is 35.2 Å². The third-order valence-corrected chi connectivity index (χ3v) is 13.3. The zero-order valence-electron chi connectivity index (χ0n) is 34.4. The molecule has 62 heavy (non-hydrogen) atoms. The van der Waals surface area contributed by atoms with Gasteiger partial charge in [-0.1, -0.05) is 70.2 Å². The molecule has 28 heteroatoms. The van der Waals surface area contributed by atoms with Gasteiger partial charge in [-0.05, 0) is 19.3 Å². The summed E-state index contributed by atoms with van der Waals surface area (Å²) >= 11 is 1.14. The van der Waals surface area contributed by atoms with E-state index in [1.807, 2.05) is 6.08 Å². The molecule has 0 saturated carbocycles. The number of imidazole rings is 1. The second kappa shape index (κ2) is 25.1. The van der Waals surface area contributed by atoms with Crippen LogP contribution in [0.4, 0.5) is 5.82 Å². The van der Waals surface area contributed by atoms with Crippen molar-refractivity contribution in [3.63, 3.8) is 0 Å². The number of fused-ring (bicyclic) bond motifs is 1. The lowest BCUT2D eigenvalue weighted by atomic mass is 9.87. The number of phosphoric acid groups is 3. The molecule has 3 rings (SSSR count). The number of carbonyl (C=O) groups is 3. The van der Waals surface area contributed by atoms with Crippen LogP contribution in [0.5, 0.6) is 0 Å². The maximum atomic E-state index is 12.7. The molecule has 1 saturated heterocycles. The van der Waals surface area contributed by atoms with Gasteiger partial charge in [-0.25, -0.2) is 28.6 Å². The first-order valence-electron chi connectivity index (χ1n) is 19.7. The summed E-state index contributed by atoms with van der Waals surface area (Å²) in [4.78, 5) is 88.1. The monoisotopic (exact) mass is 961 g/mol. The quantitative estimate of drug-likeness (QED) is 0.0309. The summed E-state index contributed by atoms with van der Waals surface area (Å²) in [5.41, 5.74) is 4.28. The molecule has 0 spiro atoms. The molecule has 2 unspecified atom stereocenters. The fourth-order valence-electron chi connectivity index (χ4n) is 5.99. The van der Waals surface area contributed by atoms with E-state index in [1.54, 1.807) is 0 Å². The van der Waals surface area contributed by atoms with E-state index in [0.717, 1.165) is 61.1 Å². The number of thioether (sulfide) groups is 1. The van der Waals surface area contributed by atoms with Crippen LogP contribution in [0.2, 0.25) is 0 Å². The number of anilines is 1.